The number of ether oxygens (including phenoxy) is 3. The number of carbonyl (C=O) groups excluding carboxylic acids is 3. The van der Waals surface area contributed by atoms with E-state index >= 15 is 26.3 Å². The van der Waals surface area contributed by atoms with Crippen LogP contribution in [0.4, 0.5) is 56.1 Å². The van der Waals surface area contributed by atoms with Gasteiger partial charge in [0.2, 0.25) is 10.9 Å². The van der Waals surface area contributed by atoms with Crippen LogP contribution in [0.2, 0.25) is 0 Å². The van der Waals surface area contributed by atoms with Gasteiger partial charge < -0.3 is 48.9 Å². The molecule has 0 bridgehead atoms. The van der Waals surface area contributed by atoms with Gasteiger partial charge in [0.25, 0.3) is 11.8 Å². The van der Waals surface area contributed by atoms with Crippen LogP contribution in [0, 0.1) is 37.3 Å². The topological polar surface area (TPSA) is 191 Å². The minimum Gasteiger partial charge on any atom is -0.477 e. The van der Waals surface area contributed by atoms with Crippen LogP contribution in [-0.4, -0.2) is 118 Å². The van der Waals surface area contributed by atoms with Crippen LogP contribution in [0.1, 0.15) is 131 Å². The third kappa shape index (κ3) is 9.97. The highest BCUT2D eigenvalue weighted by Gasteiger charge is 2.66. The van der Waals surface area contributed by atoms with Crippen molar-refractivity contribution in [3.63, 3.8) is 0 Å². The van der Waals surface area contributed by atoms with Crippen molar-refractivity contribution in [3.05, 3.63) is 78.9 Å². The zero-order chi connectivity index (χ0) is 57.3. The van der Waals surface area contributed by atoms with Crippen LogP contribution in [0.15, 0.2) is 34.1 Å². The number of aromatic carboxylic acids is 1. The van der Waals surface area contributed by atoms with Gasteiger partial charge in [-0.15, -0.1) is 0 Å². The molecule has 24 heteroatoms. The molecule has 424 valence electrons. The molecule has 16 nitrogen and oxygen atoms in total. The molecule has 8 atom stereocenters. The monoisotopic (exact) mass is 1110 g/mol. The molecule has 3 N–H and O–H groups in total. The molecule has 2 aromatic carbocycles. The van der Waals surface area contributed by atoms with Gasteiger partial charge in [-0.1, -0.05) is 0 Å². The second kappa shape index (κ2) is 19.0. The van der Waals surface area contributed by atoms with Crippen molar-refractivity contribution in [2.24, 2.45) is 11.8 Å². The zero-order valence-electron chi connectivity index (χ0n) is 44.5. The number of aryl methyl sites for hydroxylation is 2. The van der Waals surface area contributed by atoms with Gasteiger partial charge in [0.05, 0.1) is 64.0 Å². The van der Waals surface area contributed by atoms with Crippen molar-refractivity contribution in [3.8, 4) is 0 Å². The fraction of sp³-hybridized carbons (Fsp3) is 0.593. The molecule has 0 unspecified atom stereocenters. The molecule has 4 aliphatic carbocycles. The first-order chi connectivity index (χ1) is 36.1. The normalized spacial score (nSPS) is 27.4. The minimum atomic E-state index is -3.13. The molecule has 4 aromatic rings. The number of fused-ring (bicyclic) bond motifs is 4. The van der Waals surface area contributed by atoms with Gasteiger partial charge in [0, 0.05) is 75.0 Å². The number of carboxylic acids is 1. The lowest BCUT2D eigenvalue weighted by atomic mass is 9.89. The third-order valence-corrected chi connectivity index (χ3v) is 15.8. The number of carbonyl (C=O) groups is 4. The predicted octanol–water partition coefficient (Wildman–Crippen LogP) is 9.60. The van der Waals surface area contributed by atoms with Crippen molar-refractivity contribution in [1.82, 2.24) is 19.8 Å². The number of nitrogens with one attached hydrogen (secondary N) is 2. The standard InChI is InChI=1S/C28H33F4N3O5.C26H29F4N3O5/c1-6-39-24(37)16-11-35(19-10-17(19)29)21-14(2)22(18(30)9-15(21)23(16)36)34-12-20-27(13-34,7-8-28(20,31)32)33-25(38)40-26(3,4)5;1-12-19-13(21(34)14(22(35)36)9-33(19)17-8-15(17)27)7-16(28)20(12)32-10-18-25(11-32,5-6-26(18,29)30)31-23(37)38-24(2,3)4/h9,11,17,19-20H,6-8,10,12-13H2,1-5H3,(H,33,38);7,9,15,17-18H,5-6,8,10-11H2,1-4H3,(H,31,37)(H,35,36)/t17-,19+,20+,27+;15-,17+,18+,25+/m00/s1. The molecule has 2 amide bonds. The maximum Gasteiger partial charge on any atom is 0.408 e. The van der Waals surface area contributed by atoms with Crippen LogP contribution in [0.5, 0.6) is 0 Å². The maximum atomic E-state index is 15.8. The van der Waals surface area contributed by atoms with E-state index in [-0.39, 0.29) is 108 Å². The summed E-state index contributed by atoms with van der Waals surface area (Å²) in [4.78, 5) is 78.4. The molecular weight excluding hydrogens is 1040 g/mol. The lowest BCUT2D eigenvalue weighted by Crippen LogP contribution is -2.55. The molecule has 78 heavy (non-hydrogen) atoms. The SMILES string of the molecule is CCOC(=O)c1cn([C@@H]2C[C@@H]2F)c2c(C)c(N3C[C@H]4C(F)(F)CC[C@@]4(NC(=O)OC(C)(C)C)C3)c(F)cc2c1=O.Cc1c(N2C[C@H]3C(F)(F)CC[C@@]3(NC(=O)OC(C)(C)C)C2)c(F)cc2c(=O)c(C(=O)O)cn([C@@H]3C[C@@H]3F)c12. The van der Waals surface area contributed by atoms with Gasteiger partial charge >= 0.3 is 24.1 Å². The van der Waals surface area contributed by atoms with Crippen molar-refractivity contribution < 1.29 is 73.6 Å². The van der Waals surface area contributed by atoms with E-state index < -0.39 is 135 Å². The molecule has 4 heterocycles. The number of amides is 2. The summed E-state index contributed by atoms with van der Waals surface area (Å²) in [7, 11) is 0. The highest BCUT2D eigenvalue weighted by Crippen LogP contribution is 2.55. The first kappa shape index (κ1) is 56.1. The number of rotatable bonds is 9. The fourth-order valence-electron chi connectivity index (χ4n) is 12.3. The van der Waals surface area contributed by atoms with Crippen molar-refractivity contribution in [2.45, 2.75) is 159 Å². The summed E-state index contributed by atoms with van der Waals surface area (Å²) in [5.74, 6) is -13.0. The molecular formula is C54H62F8N6O10. The molecule has 6 aliphatic rings. The fourth-order valence-corrected chi connectivity index (χ4v) is 12.3. The number of esters is 1. The number of nitrogens with zero attached hydrogens (tertiary/aromatic N) is 4. The van der Waals surface area contributed by atoms with Crippen LogP contribution in [0.3, 0.4) is 0 Å². The summed E-state index contributed by atoms with van der Waals surface area (Å²) in [6, 6.07) is 0.458. The number of carboxylic acid groups (broad SMARTS) is 1. The number of hydrogen-bond acceptors (Lipinski definition) is 11. The number of alkyl carbamates (subject to hydrolysis) is 2. The Morgan fingerprint density at radius 2 is 1.04 bits per heavy atom. The Bertz CT molecular complexity index is 3300. The number of hydrogen-bond donors (Lipinski definition) is 3. The van der Waals surface area contributed by atoms with Crippen LogP contribution < -0.4 is 31.3 Å². The summed E-state index contributed by atoms with van der Waals surface area (Å²) in [5.41, 5.74) is -6.33. The van der Waals surface area contributed by atoms with Gasteiger partial charge in [0.1, 0.15) is 46.3 Å². The Morgan fingerprint density at radius 3 is 1.38 bits per heavy atom. The average Bonchev–Trinajstić information content (AvgIpc) is 4.27. The highest BCUT2D eigenvalue weighted by atomic mass is 19.3. The van der Waals surface area contributed by atoms with E-state index in [1.54, 1.807) is 48.5 Å². The van der Waals surface area contributed by atoms with E-state index in [4.69, 9.17) is 14.2 Å². The van der Waals surface area contributed by atoms with Gasteiger partial charge in [-0.25, -0.2) is 54.3 Å². The Labute approximate surface area is 442 Å². The smallest absolute Gasteiger partial charge is 0.408 e. The molecule has 2 aromatic heterocycles. The number of aromatic nitrogens is 2. The Hall–Kier alpha value is -6.62. The van der Waals surface area contributed by atoms with Crippen molar-refractivity contribution in [1.29, 1.82) is 0 Å². The number of alkyl halides is 6. The summed E-state index contributed by atoms with van der Waals surface area (Å²) >= 11 is 0. The van der Waals surface area contributed by atoms with Gasteiger partial charge in [-0.2, -0.15) is 0 Å². The second-order valence-corrected chi connectivity index (χ2v) is 23.6. The van der Waals surface area contributed by atoms with E-state index in [0.717, 1.165) is 18.3 Å². The zero-order valence-corrected chi connectivity index (χ0v) is 44.5. The van der Waals surface area contributed by atoms with Crippen LogP contribution in [0.25, 0.3) is 21.8 Å². The van der Waals surface area contributed by atoms with Gasteiger partial charge in [-0.3, -0.25) is 9.59 Å². The summed E-state index contributed by atoms with van der Waals surface area (Å²) in [6.07, 6.45) is -2.59. The van der Waals surface area contributed by atoms with Crippen LogP contribution >= 0.6 is 0 Å². The summed E-state index contributed by atoms with van der Waals surface area (Å²) in [6.45, 7) is 13.8. The quantitative estimate of drug-likeness (QED) is 0.0819. The highest BCUT2D eigenvalue weighted by molar-refractivity contribution is 5.97. The molecule has 2 saturated heterocycles. The number of pyridine rings is 2. The van der Waals surface area contributed by atoms with E-state index in [2.05, 4.69) is 10.6 Å². The first-order valence-corrected chi connectivity index (χ1v) is 25.9. The number of anilines is 2. The number of halogens is 8. The molecule has 4 saturated carbocycles. The largest absolute Gasteiger partial charge is 0.477 e. The lowest BCUT2D eigenvalue weighted by Gasteiger charge is -2.32. The molecule has 0 spiro atoms. The lowest BCUT2D eigenvalue weighted by molar-refractivity contribution is -0.0424. The van der Waals surface area contributed by atoms with E-state index in [1.165, 1.54) is 39.0 Å². The maximum absolute atomic E-state index is 15.8. The van der Waals surface area contributed by atoms with E-state index in [9.17, 15) is 42.7 Å². The first-order valence-electron chi connectivity index (χ1n) is 25.9. The molecule has 2 aliphatic heterocycles. The van der Waals surface area contributed by atoms with E-state index in [1.807, 2.05) is 0 Å². The van der Waals surface area contributed by atoms with Gasteiger partial charge in [-0.05, 0) is 98.4 Å². The Balaban J connectivity index is 0.000000190. The van der Waals surface area contributed by atoms with Crippen molar-refractivity contribution in [2.75, 3.05) is 42.6 Å². The Kier molecular flexibility index (Phi) is 13.7. The molecule has 0 radical (unpaired) electrons. The predicted molar refractivity (Wildman–Crippen MR) is 270 cm³/mol. The number of benzene rings is 2. The van der Waals surface area contributed by atoms with Crippen LogP contribution in [-0.2, 0) is 14.2 Å². The van der Waals surface area contributed by atoms with Crippen molar-refractivity contribution >= 4 is 57.3 Å². The Morgan fingerprint density at radius 1 is 0.667 bits per heavy atom. The molecule has 6 fully saturated rings. The second-order valence-electron chi connectivity index (χ2n) is 23.6. The van der Waals surface area contributed by atoms with E-state index in [0.29, 0.717) is 0 Å². The summed E-state index contributed by atoms with van der Waals surface area (Å²) in [5, 5.41) is 14.4. The summed E-state index contributed by atoms with van der Waals surface area (Å²) < 4.78 is 138. The minimum absolute atomic E-state index is 0.0116. The average molecular weight is 1110 g/mol. The van der Waals surface area contributed by atoms with Gasteiger partial charge in [0.15, 0.2) is 0 Å². The third-order valence-electron chi connectivity index (χ3n) is 15.8. The molecule has 10 rings (SSSR count).